The molecule has 1 aliphatic carbocycles. The second-order valence-electron chi connectivity index (χ2n) is 4.40. The summed E-state index contributed by atoms with van der Waals surface area (Å²) in [7, 11) is 1.98. The predicted octanol–water partition coefficient (Wildman–Crippen LogP) is 2.97. The van der Waals surface area contributed by atoms with Gasteiger partial charge in [-0.2, -0.15) is 0 Å². The van der Waals surface area contributed by atoms with Crippen LogP contribution in [-0.4, -0.2) is 23.9 Å². The normalized spacial score (nSPS) is 19.0. The van der Waals surface area contributed by atoms with Crippen molar-refractivity contribution in [2.75, 3.05) is 7.05 Å². The van der Waals surface area contributed by atoms with Crippen LogP contribution in [0.15, 0.2) is 0 Å². The van der Waals surface area contributed by atoms with E-state index in [0.717, 1.165) is 6.42 Å². The first-order valence-corrected chi connectivity index (χ1v) is 6.01. The minimum atomic E-state index is 0.333. The summed E-state index contributed by atoms with van der Waals surface area (Å²) in [5, 5.41) is 0. The third kappa shape index (κ3) is 3.32. The summed E-state index contributed by atoms with van der Waals surface area (Å²) in [5.74, 6) is 0.333. The maximum absolute atomic E-state index is 11.7. The van der Waals surface area contributed by atoms with Gasteiger partial charge in [-0.3, -0.25) is 4.79 Å². The zero-order valence-corrected chi connectivity index (χ0v) is 9.59. The lowest BCUT2D eigenvalue weighted by Gasteiger charge is -2.27. The molecule has 0 aromatic carbocycles. The first kappa shape index (κ1) is 11.5. The number of carbonyl (C=O) groups is 1. The van der Waals surface area contributed by atoms with Crippen molar-refractivity contribution in [2.24, 2.45) is 0 Å². The Hall–Kier alpha value is -0.530. The van der Waals surface area contributed by atoms with Gasteiger partial charge in [0.15, 0.2) is 0 Å². The van der Waals surface area contributed by atoms with Crippen LogP contribution < -0.4 is 0 Å². The Balaban J connectivity index is 2.40. The highest BCUT2D eigenvalue weighted by molar-refractivity contribution is 5.76. The molecule has 0 spiro atoms. The fourth-order valence-electron chi connectivity index (χ4n) is 2.24. The maximum Gasteiger partial charge on any atom is 0.222 e. The van der Waals surface area contributed by atoms with E-state index in [1.54, 1.807) is 0 Å². The fraction of sp³-hybridized carbons (Fsp3) is 0.917. The van der Waals surface area contributed by atoms with E-state index in [2.05, 4.69) is 6.92 Å². The summed E-state index contributed by atoms with van der Waals surface area (Å²) in [5.41, 5.74) is 0. The fourth-order valence-corrected chi connectivity index (χ4v) is 2.24. The molecule has 0 N–H and O–H groups in total. The number of nitrogens with zero attached hydrogens (tertiary/aromatic N) is 1. The Morgan fingerprint density at radius 2 is 1.79 bits per heavy atom. The van der Waals surface area contributed by atoms with Crippen LogP contribution in [0.5, 0.6) is 0 Å². The molecule has 2 heteroatoms. The summed E-state index contributed by atoms with van der Waals surface area (Å²) in [6.45, 7) is 2.07. The molecule has 1 aliphatic rings. The van der Waals surface area contributed by atoms with Gasteiger partial charge in [0.2, 0.25) is 5.91 Å². The van der Waals surface area contributed by atoms with E-state index in [1.165, 1.54) is 38.5 Å². The lowest BCUT2D eigenvalue weighted by Crippen LogP contribution is -2.36. The monoisotopic (exact) mass is 197 g/mol. The van der Waals surface area contributed by atoms with Crippen molar-refractivity contribution in [3.8, 4) is 0 Å². The van der Waals surface area contributed by atoms with E-state index >= 15 is 0 Å². The van der Waals surface area contributed by atoms with Crippen molar-refractivity contribution in [1.82, 2.24) is 4.90 Å². The van der Waals surface area contributed by atoms with Crippen LogP contribution >= 0.6 is 0 Å². The molecule has 0 heterocycles. The van der Waals surface area contributed by atoms with Crippen LogP contribution in [0.2, 0.25) is 0 Å². The van der Waals surface area contributed by atoms with Crippen molar-refractivity contribution in [1.29, 1.82) is 0 Å². The second-order valence-corrected chi connectivity index (χ2v) is 4.40. The predicted molar refractivity (Wildman–Crippen MR) is 59.2 cm³/mol. The summed E-state index contributed by atoms with van der Waals surface area (Å²) < 4.78 is 0. The van der Waals surface area contributed by atoms with Crippen molar-refractivity contribution in [2.45, 2.75) is 64.3 Å². The van der Waals surface area contributed by atoms with Crippen LogP contribution in [0.25, 0.3) is 0 Å². The number of amides is 1. The highest BCUT2D eigenvalue weighted by Gasteiger charge is 2.19. The molecule has 1 fully saturated rings. The standard InChI is InChI=1S/C12H23NO/c1-3-8-12(14)13(2)11-9-6-4-5-7-10-11/h11H,3-10H2,1-2H3. The molecule has 14 heavy (non-hydrogen) atoms. The number of rotatable bonds is 3. The van der Waals surface area contributed by atoms with Crippen LogP contribution in [0, 0.1) is 0 Å². The van der Waals surface area contributed by atoms with Gasteiger partial charge in [0, 0.05) is 19.5 Å². The molecule has 1 rings (SSSR count). The van der Waals surface area contributed by atoms with E-state index in [9.17, 15) is 4.79 Å². The number of hydrogen-bond donors (Lipinski definition) is 0. The Bertz CT molecular complexity index is 171. The third-order valence-electron chi connectivity index (χ3n) is 3.23. The van der Waals surface area contributed by atoms with E-state index < -0.39 is 0 Å². The zero-order valence-electron chi connectivity index (χ0n) is 9.59. The zero-order chi connectivity index (χ0) is 10.4. The number of hydrogen-bond acceptors (Lipinski definition) is 1. The minimum Gasteiger partial charge on any atom is -0.343 e. The molecule has 0 aromatic heterocycles. The summed E-state index contributed by atoms with van der Waals surface area (Å²) in [4.78, 5) is 13.7. The van der Waals surface area contributed by atoms with Gasteiger partial charge in [-0.25, -0.2) is 0 Å². The molecule has 0 bridgehead atoms. The Labute approximate surface area is 87.7 Å². The van der Waals surface area contributed by atoms with Gasteiger partial charge in [0.05, 0.1) is 0 Å². The largest absolute Gasteiger partial charge is 0.343 e. The molecule has 2 nitrogen and oxygen atoms in total. The molecular formula is C12H23NO. The highest BCUT2D eigenvalue weighted by Crippen LogP contribution is 2.21. The van der Waals surface area contributed by atoms with Gasteiger partial charge in [-0.15, -0.1) is 0 Å². The molecule has 0 aromatic rings. The van der Waals surface area contributed by atoms with Gasteiger partial charge in [-0.05, 0) is 19.3 Å². The maximum atomic E-state index is 11.7. The molecule has 82 valence electrons. The highest BCUT2D eigenvalue weighted by atomic mass is 16.2. The quantitative estimate of drug-likeness (QED) is 0.637. The van der Waals surface area contributed by atoms with Gasteiger partial charge in [0.25, 0.3) is 0 Å². The lowest BCUT2D eigenvalue weighted by atomic mass is 10.1. The molecule has 1 amide bonds. The van der Waals surface area contributed by atoms with Crippen LogP contribution in [0.1, 0.15) is 58.3 Å². The van der Waals surface area contributed by atoms with Crippen LogP contribution in [0.4, 0.5) is 0 Å². The SMILES string of the molecule is CCCC(=O)N(C)C1CCCCCC1. The van der Waals surface area contributed by atoms with E-state index in [0.29, 0.717) is 18.4 Å². The van der Waals surface area contributed by atoms with Crippen molar-refractivity contribution >= 4 is 5.91 Å². The van der Waals surface area contributed by atoms with Gasteiger partial charge in [-0.1, -0.05) is 32.6 Å². The van der Waals surface area contributed by atoms with Crippen molar-refractivity contribution in [3.63, 3.8) is 0 Å². The minimum absolute atomic E-state index is 0.333. The summed E-state index contributed by atoms with van der Waals surface area (Å²) in [6.07, 6.45) is 9.42. The van der Waals surface area contributed by atoms with Gasteiger partial charge >= 0.3 is 0 Å². The van der Waals surface area contributed by atoms with E-state index in [-0.39, 0.29) is 0 Å². The first-order chi connectivity index (χ1) is 6.75. The van der Waals surface area contributed by atoms with Crippen LogP contribution in [-0.2, 0) is 4.79 Å². The smallest absolute Gasteiger partial charge is 0.222 e. The molecule has 1 saturated carbocycles. The first-order valence-electron chi connectivity index (χ1n) is 6.01. The van der Waals surface area contributed by atoms with Crippen molar-refractivity contribution in [3.05, 3.63) is 0 Å². The third-order valence-corrected chi connectivity index (χ3v) is 3.23. The average Bonchev–Trinajstić information content (AvgIpc) is 2.45. The average molecular weight is 197 g/mol. The molecule has 0 radical (unpaired) electrons. The van der Waals surface area contributed by atoms with Crippen molar-refractivity contribution < 1.29 is 4.79 Å². The van der Waals surface area contributed by atoms with Crippen LogP contribution in [0.3, 0.4) is 0 Å². The molecular weight excluding hydrogens is 174 g/mol. The van der Waals surface area contributed by atoms with Gasteiger partial charge < -0.3 is 4.90 Å². The Kier molecular flexibility index (Phi) is 4.99. The summed E-state index contributed by atoms with van der Waals surface area (Å²) >= 11 is 0. The van der Waals surface area contributed by atoms with E-state index in [1.807, 2.05) is 11.9 Å². The molecule has 0 unspecified atom stereocenters. The summed E-state index contributed by atoms with van der Waals surface area (Å²) in [6, 6.07) is 0.525. The second kappa shape index (κ2) is 6.05. The lowest BCUT2D eigenvalue weighted by molar-refractivity contribution is -0.132. The van der Waals surface area contributed by atoms with Gasteiger partial charge in [0.1, 0.15) is 0 Å². The molecule has 0 aliphatic heterocycles. The topological polar surface area (TPSA) is 20.3 Å². The van der Waals surface area contributed by atoms with E-state index in [4.69, 9.17) is 0 Å². The Morgan fingerprint density at radius 3 is 2.29 bits per heavy atom. The number of carbonyl (C=O) groups excluding carboxylic acids is 1. The molecule has 0 saturated heterocycles. The molecule has 0 atom stereocenters. The Morgan fingerprint density at radius 1 is 1.21 bits per heavy atom.